The minimum Gasteiger partial charge on any atom is -0.311 e. The Morgan fingerprint density at radius 3 is 2.53 bits per heavy atom. The van der Waals surface area contributed by atoms with Crippen molar-refractivity contribution >= 4 is 17.9 Å². The minimum absolute atomic E-state index is 0.113. The Hall–Kier alpha value is -2.10. The van der Waals surface area contributed by atoms with Crippen LogP contribution in [0, 0.1) is 5.41 Å². The molecule has 0 spiro atoms. The van der Waals surface area contributed by atoms with Gasteiger partial charge in [-0.3, -0.25) is 15.5 Å². The number of carbonyl (C=O) groups is 1. The maximum absolute atomic E-state index is 11.4. The van der Waals surface area contributed by atoms with Crippen molar-refractivity contribution in [1.82, 2.24) is 10.2 Å². The Labute approximate surface area is 87.7 Å². The molecule has 1 saturated heterocycles. The highest BCUT2D eigenvalue weighted by Gasteiger charge is 2.26. The Morgan fingerprint density at radius 1 is 1.33 bits per heavy atom. The topological polar surface area (TPSA) is 56.2 Å². The van der Waals surface area contributed by atoms with Gasteiger partial charge in [0, 0.05) is 7.05 Å². The first-order valence-corrected chi connectivity index (χ1v) is 4.59. The van der Waals surface area contributed by atoms with Crippen molar-refractivity contribution < 1.29 is 4.79 Å². The van der Waals surface area contributed by atoms with E-state index in [4.69, 9.17) is 5.41 Å². The van der Waals surface area contributed by atoms with E-state index >= 15 is 0 Å². The number of rotatable bonds is 1. The van der Waals surface area contributed by atoms with E-state index in [-0.39, 0.29) is 11.9 Å². The largest absolute Gasteiger partial charge is 0.311 e. The summed E-state index contributed by atoms with van der Waals surface area (Å²) >= 11 is 0. The predicted molar refractivity (Wildman–Crippen MR) is 58.1 cm³/mol. The van der Waals surface area contributed by atoms with Crippen molar-refractivity contribution in [2.24, 2.45) is 0 Å². The number of hydrogen-bond donors (Lipinski definition) is 2. The summed E-state index contributed by atoms with van der Waals surface area (Å²) in [5.41, 5.74) is 1.44. The highest BCUT2D eigenvalue weighted by atomic mass is 16.2. The molecule has 0 saturated carbocycles. The fraction of sp³-hybridized carbons (Fsp3) is 0.0909. The maximum Gasteiger partial charge on any atom is 0.274 e. The van der Waals surface area contributed by atoms with E-state index in [1.807, 2.05) is 30.3 Å². The number of guanidine groups is 1. The molecule has 0 aromatic heterocycles. The first kappa shape index (κ1) is 9.45. The van der Waals surface area contributed by atoms with Crippen LogP contribution >= 0.6 is 0 Å². The molecule has 1 aromatic carbocycles. The van der Waals surface area contributed by atoms with Crippen LogP contribution in [0.5, 0.6) is 0 Å². The zero-order valence-corrected chi connectivity index (χ0v) is 8.32. The molecule has 4 nitrogen and oxygen atoms in total. The van der Waals surface area contributed by atoms with E-state index in [1.54, 1.807) is 13.1 Å². The number of nitrogens with zero attached hydrogens (tertiary/aromatic N) is 1. The van der Waals surface area contributed by atoms with Gasteiger partial charge in [0.05, 0.1) is 0 Å². The number of hydrogen-bond acceptors (Lipinski definition) is 2. The van der Waals surface area contributed by atoms with E-state index in [1.165, 1.54) is 4.90 Å². The van der Waals surface area contributed by atoms with E-state index in [0.717, 1.165) is 5.56 Å². The fourth-order valence-electron chi connectivity index (χ4n) is 1.40. The molecule has 1 heterocycles. The second kappa shape index (κ2) is 3.57. The second-order valence-electron chi connectivity index (χ2n) is 3.30. The average molecular weight is 201 g/mol. The number of carbonyl (C=O) groups excluding carboxylic acids is 1. The lowest BCUT2D eigenvalue weighted by Crippen LogP contribution is -2.25. The van der Waals surface area contributed by atoms with Crippen LogP contribution in [0.25, 0.3) is 6.08 Å². The Balaban J connectivity index is 2.35. The van der Waals surface area contributed by atoms with Gasteiger partial charge in [-0.25, -0.2) is 0 Å². The molecule has 1 fully saturated rings. The molecule has 4 heteroatoms. The van der Waals surface area contributed by atoms with Gasteiger partial charge in [-0.15, -0.1) is 0 Å². The quantitative estimate of drug-likeness (QED) is 0.666. The molecule has 0 atom stereocenters. The summed E-state index contributed by atoms with van der Waals surface area (Å²) in [7, 11) is 1.69. The highest BCUT2D eigenvalue weighted by Crippen LogP contribution is 2.13. The molecule has 2 rings (SSSR count). The molecule has 1 aromatic rings. The normalized spacial score (nSPS) is 18.5. The molecule has 15 heavy (non-hydrogen) atoms. The molecule has 1 aliphatic heterocycles. The summed E-state index contributed by atoms with van der Waals surface area (Å²) in [6, 6.07) is 9.56. The molecule has 76 valence electrons. The third kappa shape index (κ3) is 1.74. The lowest BCUT2D eigenvalue weighted by molar-refractivity contribution is -0.115. The first-order valence-electron chi connectivity index (χ1n) is 4.59. The van der Waals surface area contributed by atoms with Crippen LogP contribution in [0.4, 0.5) is 0 Å². The number of nitrogens with one attached hydrogen (secondary N) is 2. The van der Waals surface area contributed by atoms with Crippen molar-refractivity contribution in [3.8, 4) is 0 Å². The van der Waals surface area contributed by atoms with Gasteiger partial charge in [-0.05, 0) is 11.6 Å². The molecular formula is C11H11N3O. The summed E-state index contributed by atoms with van der Waals surface area (Å²) in [5, 5.41) is 9.87. The average Bonchev–Trinajstić information content (AvgIpc) is 2.47. The molecule has 0 aliphatic carbocycles. The summed E-state index contributed by atoms with van der Waals surface area (Å²) in [4.78, 5) is 13.0. The standard InChI is InChI=1S/C11H11N3O/c1-14-9(10(15)13-11(14)12)7-8-5-3-2-4-6-8/h2-7H,1H3,(H2,12,13,15)/b9-7+. The van der Waals surface area contributed by atoms with E-state index in [2.05, 4.69) is 5.32 Å². The van der Waals surface area contributed by atoms with Crippen molar-refractivity contribution in [3.05, 3.63) is 41.6 Å². The second-order valence-corrected chi connectivity index (χ2v) is 3.30. The number of likely N-dealkylation sites (N-methyl/N-ethyl adjacent to an activating group) is 1. The minimum atomic E-state index is -0.230. The van der Waals surface area contributed by atoms with Crippen LogP contribution in [-0.4, -0.2) is 23.8 Å². The third-order valence-corrected chi connectivity index (χ3v) is 2.26. The van der Waals surface area contributed by atoms with Gasteiger partial charge in [-0.1, -0.05) is 30.3 Å². The van der Waals surface area contributed by atoms with E-state index in [0.29, 0.717) is 5.70 Å². The molecule has 1 amide bonds. The van der Waals surface area contributed by atoms with Crippen molar-refractivity contribution in [2.45, 2.75) is 0 Å². The zero-order valence-electron chi connectivity index (χ0n) is 8.32. The van der Waals surface area contributed by atoms with Gasteiger partial charge in [0.1, 0.15) is 5.70 Å². The Kier molecular flexibility index (Phi) is 2.25. The van der Waals surface area contributed by atoms with Crippen LogP contribution in [0.15, 0.2) is 36.0 Å². The SMILES string of the molecule is CN1C(=N)NC(=O)/C1=C\c1ccccc1. The van der Waals surface area contributed by atoms with Crippen molar-refractivity contribution in [3.63, 3.8) is 0 Å². The molecule has 0 unspecified atom stereocenters. The highest BCUT2D eigenvalue weighted by molar-refractivity contribution is 6.14. The molecule has 0 radical (unpaired) electrons. The van der Waals surface area contributed by atoms with Crippen molar-refractivity contribution in [2.75, 3.05) is 7.05 Å². The van der Waals surface area contributed by atoms with Crippen LogP contribution in [0.2, 0.25) is 0 Å². The van der Waals surface area contributed by atoms with E-state index in [9.17, 15) is 4.79 Å². The van der Waals surface area contributed by atoms with Gasteiger partial charge >= 0.3 is 0 Å². The lowest BCUT2D eigenvalue weighted by Gasteiger charge is -2.08. The Morgan fingerprint density at radius 2 is 2.00 bits per heavy atom. The van der Waals surface area contributed by atoms with Gasteiger partial charge in [0.2, 0.25) is 5.96 Å². The molecule has 0 bridgehead atoms. The lowest BCUT2D eigenvalue weighted by atomic mass is 10.2. The van der Waals surface area contributed by atoms with Crippen LogP contribution < -0.4 is 5.32 Å². The van der Waals surface area contributed by atoms with Crippen LogP contribution in [0.3, 0.4) is 0 Å². The van der Waals surface area contributed by atoms with Crippen LogP contribution in [0.1, 0.15) is 5.56 Å². The smallest absolute Gasteiger partial charge is 0.274 e. The number of benzene rings is 1. The summed E-state index contributed by atoms with van der Waals surface area (Å²) < 4.78 is 0. The summed E-state index contributed by atoms with van der Waals surface area (Å²) in [6.45, 7) is 0. The van der Waals surface area contributed by atoms with Crippen molar-refractivity contribution in [1.29, 1.82) is 5.41 Å². The summed E-state index contributed by atoms with van der Waals surface area (Å²) in [5.74, 6) is -0.117. The van der Waals surface area contributed by atoms with Gasteiger partial charge in [0.15, 0.2) is 0 Å². The summed E-state index contributed by atoms with van der Waals surface area (Å²) in [6.07, 6.45) is 1.76. The van der Waals surface area contributed by atoms with Gasteiger partial charge < -0.3 is 4.90 Å². The molecular weight excluding hydrogens is 190 g/mol. The molecule has 1 aliphatic rings. The fourth-order valence-corrected chi connectivity index (χ4v) is 1.40. The number of amides is 1. The van der Waals surface area contributed by atoms with E-state index < -0.39 is 0 Å². The van der Waals surface area contributed by atoms with Gasteiger partial charge in [-0.2, -0.15) is 0 Å². The Bertz CT molecular complexity index is 436. The molecule has 2 N–H and O–H groups in total. The van der Waals surface area contributed by atoms with Gasteiger partial charge in [0.25, 0.3) is 5.91 Å². The first-order chi connectivity index (χ1) is 7.18. The maximum atomic E-state index is 11.4. The predicted octanol–water partition coefficient (Wildman–Crippen LogP) is 1.02. The monoisotopic (exact) mass is 201 g/mol. The zero-order chi connectivity index (χ0) is 10.8. The third-order valence-electron chi connectivity index (χ3n) is 2.26. The van der Waals surface area contributed by atoms with Crippen LogP contribution in [-0.2, 0) is 4.79 Å².